The maximum absolute atomic E-state index is 5.31. The first-order valence-corrected chi connectivity index (χ1v) is 5.32. The van der Waals surface area contributed by atoms with E-state index in [0.717, 1.165) is 18.3 Å². The lowest BCUT2D eigenvalue weighted by atomic mass is 10.2. The summed E-state index contributed by atoms with van der Waals surface area (Å²) >= 11 is 0. The van der Waals surface area contributed by atoms with Gasteiger partial charge in [-0.3, -0.25) is 0 Å². The van der Waals surface area contributed by atoms with Gasteiger partial charge >= 0.3 is 0 Å². The summed E-state index contributed by atoms with van der Waals surface area (Å²) in [5.74, 6) is 0.854. The Morgan fingerprint density at radius 3 is 2.60 bits per heavy atom. The van der Waals surface area contributed by atoms with Crippen molar-refractivity contribution in [3.05, 3.63) is 29.8 Å². The maximum Gasteiger partial charge on any atom is 0.188 e. The van der Waals surface area contributed by atoms with Crippen molar-refractivity contribution in [3.8, 4) is 5.75 Å². The van der Waals surface area contributed by atoms with E-state index in [4.69, 9.17) is 9.47 Å². The lowest BCUT2D eigenvalue weighted by Crippen LogP contribution is -2.15. The number of hydrogen-bond acceptors (Lipinski definition) is 3. The summed E-state index contributed by atoms with van der Waals surface area (Å²) in [5.41, 5.74) is 1.30. The van der Waals surface area contributed by atoms with Crippen LogP contribution >= 0.6 is 0 Å². The molecule has 0 atom stereocenters. The SMILES string of the molecule is COCOc1ccc(CNC2CC2)cc1. The molecule has 0 aliphatic heterocycles. The molecule has 0 bridgehead atoms. The molecular weight excluding hydrogens is 190 g/mol. The Kier molecular flexibility index (Phi) is 3.59. The molecule has 82 valence electrons. The Morgan fingerprint density at radius 1 is 1.27 bits per heavy atom. The highest BCUT2D eigenvalue weighted by atomic mass is 16.7. The van der Waals surface area contributed by atoms with Crippen molar-refractivity contribution in [3.63, 3.8) is 0 Å². The van der Waals surface area contributed by atoms with E-state index in [1.807, 2.05) is 12.1 Å². The van der Waals surface area contributed by atoms with Crippen LogP contribution in [-0.4, -0.2) is 19.9 Å². The van der Waals surface area contributed by atoms with Gasteiger partial charge in [0, 0.05) is 19.7 Å². The largest absolute Gasteiger partial charge is 0.468 e. The average molecular weight is 207 g/mol. The number of hydrogen-bond donors (Lipinski definition) is 1. The number of benzene rings is 1. The van der Waals surface area contributed by atoms with Crippen LogP contribution in [0.2, 0.25) is 0 Å². The van der Waals surface area contributed by atoms with E-state index < -0.39 is 0 Å². The molecule has 1 N–H and O–H groups in total. The van der Waals surface area contributed by atoms with Gasteiger partial charge in [-0.25, -0.2) is 0 Å². The second-order valence-electron chi connectivity index (χ2n) is 3.85. The zero-order valence-electron chi connectivity index (χ0n) is 9.03. The molecule has 1 saturated carbocycles. The second-order valence-corrected chi connectivity index (χ2v) is 3.85. The highest BCUT2D eigenvalue weighted by Gasteiger charge is 2.19. The minimum Gasteiger partial charge on any atom is -0.468 e. The number of rotatable bonds is 6. The Hall–Kier alpha value is -1.06. The smallest absolute Gasteiger partial charge is 0.188 e. The molecule has 0 unspecified atom stereocenters. The van der Waals surface area contributed by atoms with Crippen LogP contribution < -0.4 is 10.1 Å². The molecule has 1 aliphatic rings. The van der Waals surface area contributed by atoms with Crippen LogP contribution in [-0.2, 0) is 11.3 Å². The van der Waals surface area contributed by atoms with Crippen molar-refractivity contribution in [2.75, 3.05) is 13.9 Å². The van der Waals surface area contributed by atoms with Crippen molar-refractivity contribution in [2.24, 2.45) is 0 Å². The highest BCUT2D eigenvalue weighted by Crippen LogP contribution is 2.19. The molecule has 2 rings (SSSR count). The first-order valence-electron chi connectivity index (χ1n) is 5.32. The fourth-order valence-corrected chi connectivity index (χ4v) is 1.38. The first kappa shape index (κ1) is 10.5. The van der Waals surface area contributed by atoms with Gasteiger partial charge in [0.05, 0.1) is 0 Å². The summed E-state index contributed by atoms with van der Waals surface area (Å²) in [6, 6.07) is 8.88. The van der Waals surface area contributed by atoms with E-state index in [9.17, 15) is 0 Å². The minimum atomic E-state index is 0.305. The van der Waals surface area contributed by atoms with Gasteiger partial charge in [-0.15, -0.1) is 0 Å². The topological polar surface area (TPSA) is 30.5 Å². The molecule has 3 heteroatoms. The van der Waals surface area contributed by atoms with Crippen molar-refractivity contribution < 1.29 is 9.47 Å². The van der Waals surface area contributed by atoms with Crippen LogP contribution in [0.5, 0.6) is 5.75 Å². The molecule has 0 heterocycles. The molecule has 1 aromatic rings. The van der Waals surface area contributed by atoms with Gasteiger partial charge < -0.3 is 14.8 Å². The van der Waals surface area contributed by atoms with Crippen LogP contribution in [0.3, 0.4) is 0 Å². The molecule has 3 nitrogen and oxygen atoms in total. The summed E-state index contributed by atoms with van der Waals surface area (Å²) in [6.45, 7) is 1.26. The molecule has 0 radical (unpaired) electrons. The monoisotopic (exact) mass is 207 g/mol. The van der Waals surface area contributed by atoms with Gasteiger partial charge in [0.1, 0.15) is 5.75 Å². The van der Waals surface area contributed by atoms with E-state index >= 15 is 0 Å². The molecule has 15 heavy (non-hydrogen) atoms. The maximum atomic E-state index is 5.31. The third-order valence-corrected chi connectivity index (χ3v) is 2.44. The third-order valence-electron chi connectivity index (χ3n) is 2.44. The molecule has 0 saturated heterocycles. The number of nitrogens with one attached hydrogen (secondary N) is 1. The molecule has 0 aromatic heterocycles. The predicted molar refractivity (Wildman–Crippen MR) is 58.8 cm³/mol. The van der Waals surface area contributed by atoms with Gasteiger partial charge in [-0.2, -0.15) is 0 Å². The van der Waals surface area contributed by atoms with Crippen LogP contribution in [0.4, 0.5) is 0 Å². The third kappa shape index (κ3) is 3.53. The van der Waals surface area contributed by atoms with E-state index in [1.165, 1.54) is 18.4 Å². The molecular formula is C12H17NO2. The van der Waals surface area contributed by atoms with Crippen LogP contribution in [0.15, 0.2) is 24.3 Å². The quantitative estimate of drug-likeness (QED) is 0.723. The van der Waals surface area contributed by atoms with Crippen molar-refractivity contribution in [1.29, 1.82) is 0 Å². The van der Waals surface area contributed by atoms with E-state index in [1.54, 1.807) is 7.11 Å². The van der Waals surface area contributed by atoms with Gasteiger partial charge in [0.2, 0.25) is 0 Å². The zero-order chi connectivity index (χ0) is 10.5. The predicted octanol–water partition coefficient (Wildman–Crippen LogP) is 1.92. The molecule has 1 aromatic carbocycles. The molecule has 1 fully saturated rings. The normalized spacial score (nSPS) is 15.3. The van der Waals surface area contributed by atoms with Crippen molar-refractivity contribution >= 4 is 0 Å². The van der Waals surface area contributed by atoms with E-state index in [2.05, 4.69) is 17.4 Å². The fraction of sp³-hybridized carbons (Fsp3) is 0.500. The fourth-order valence-electron chi connectivity index (χ4n) is 1.38. The molecule has 0 amide bonds. The van der Waals surface area contributed by atoms with E-state index in [-0.39, 0.29) is 0 Å². The van der Waals surface area contributed by atoms with Gasteiger partial charge in [0.25, 0.3) is 0 Å². The minimum absolute atomic E-state index is 0.305. The number of methoxy groups -OCH3 is 1. The summed E-state index contributed by atoms with van der Waals surface area (Å²) in [5, 5.41) is 3.47. The summed E-state index contributed by atoms with van der Waals surface area (Å²) in [7, 11) is 1.62. The Bertz CT molecular complexity index is 293. The lowest BCUT2D eigenvalue weighted by Gasteiger charge is -2.06. The highest BCUT2D eigenvalue weighted by molar-refractivity contribution is 5.27. The standard InChI is InChI=1S/C12H17NO2/c1-14-9-15-12-6-2-10(3-7-12)8-13-11-4-5-11/h2-3,6-7,11,13H,4-5,8-9H2,1H3. The van der Waals surface area contributed by atoms with Gasteiger partial charge in [-0.05, 0) is 30.5 Å². The van der Waals surface area contributed by atoms with E-state index in [0.29, 0.717) is 6.79 Å². The van der Waals surface area contributed by atoms with Crippen LogP contribution in [0.1, 0.15) is 18.4 Å². The van der Waals surface area contributed by atoms with Crippen molar-refractivity contribution in [2.45, 2.75) is 25.4 Å². The lowest BCUT2D eigenvalue weighted by molar-refractivity contribution is 0.0511. The van der Waals surface area contributed by atoms with Crippen molar-refractivity contribution in [1.82, 2.24) is 5.32 Å². The Labute approximate surface area is 90.4 Å². The summed E-state index contributed by atoms with van der Waals surface area (Å²) in [4.78, 5) is 0. The average Bonchev–Trinajstić information content (AvgIpc) is 3.09. The molecule has 1 aliphatic carbocycles. The Morgan fingerprint density at radius 2 is 2.00 bits per heavy atom. The van der Waals surface area contributed by atoms with Gasteiger partial charge in [-0.1, -0.05) is 12.1 Å². The number of ether oxygens (including phenoxy) is 2. The Balaban J connectivity index is 1.79. The van der Waals surface area contributed by atoms with Crippen LogP contribution in [0.25, 0.3) is 0 Å². The second kappa shape index (κ2) is 5.14. The molecule has 0 spiro atoms. The van der Waals surface area contributed by atoms with Crippen LogP contribution in [0, 0.1) is 0 Å². The zero-order valence-corrected chi connectivity index (χ0v) is 9.03. The summed E-state index contributed by atoms with van der Waals surface area (Å²) in [6.07, 6.45) is 2.66. The first-order chi connectivity index (χ1) is 7.38. The van der Waals surface area contributed by atoms with Gasteiger partial charge in [0.15, 0.2) is 6.79 Å². The summed E-state index contributed by atoms with van der Waals surface area (Å²) < 4.78 is 10.1.